The van der Waals surface area contributed by atoms with E-state index in [1.54, 1.807) is 13.0 Å². The molecular formula is C15H23FN2O2. The van der Waals surface area contributed by atoms with Gasteiger partial charge < -0.3 is 15.8 Å². The summed E-state index contributed by atoms with van der Waals surface area (Å²) in [6, 6.07) is 4.28. The largest absolute Gasteiger partial charge is 0.481 e. The third-order valence-corrected chi connectivity index (χ3v) is 2.88. The first-order valence-corrected chi connectivity index (χ1v) is 6.84. The Morgan fingerprint density at radius 3 is 2.65 bits per heavy atom. The van der Waals surface area contributed by atoms with E-state index in [0.717, 1.165) is 6.42 Å². The van der Waals surface area contributed by atoms with E-state index in [9.17, 15) is 9.18 Å². The molecule has 1 atom stereocenters. The first-order valence-electron chi connectivity index (χ1n) is 6.84. The number of carbonyl (C=O) groups is 1. The maximum absolute atomic E-state index is 13.7. The zero-order valence-electron chi connectivity index (χ0n) is 12.3. The number of ether oxygens (including phenoxy) is 1. The highest BCUT2D eigenvalue weighted by Crippen LogP contribution is 2.20. The van der Waals surface area contributed by atoms with Crippen LogP contribution in [-0.4, -0.2) is 19.1 Å². The van der Waals surface area contributed by atoms with Crippen LogP contribution < -0.4 is 15.8 Å². The fourth-order valence-corrected chi connectivity index (χ4v) is 1.61. The van der Waals surface area contributed by atoms with Gasteiger partial charge in [-0.1, -0.05) is 19.9 Å². The number of hydrogen-bond donors (Lipinski definition) is 2. The van der Waals surface area contributed by atoms with E-state index in [-0.39, 0.29) is 24.3 Å². The lowest BCUT2D eigenvalue weighted by Gasteiger charge is -2.11. The summed E-state index contributed by atoms with van der Waals surface area (Å²) in [5.74, 6) is -0.163. The van der Waals surface area contributed by atoms with Crippen LogP contribution in [0, 0.1) is 11.7 Å². The summed E-state index contributed by atoms with van der Waals surface area (Å²) in [4.78, 5) is 11.5. The molecule has 5 heteroatoms. The summed E-state index contributed by atoms with van der Waals surface area (Å²) in [5.41, 5.74) is 6.35. The number of carbonyl (C=O) groups excluding carboxylic acids is 1. The molecule has 0 heterocycles. The highest BCUT2D eigenvalue weighted by Gasteiger charge is 2.09. The van der Waals surface area contributed by atoms with Crippen molar-refractivity contribution in [2.45, 2.75) is 33.2 Å². The van der Waals surface area contributed by atoms with E-state index < -0.39 is 5.82 Å². The Morgan fingerprint density at radius 1 is 1.40 bits per heavy atom. The Kier molecular flexibility index (Phi) is 6.45. The quantitative estimate of drug-likeness (QED) is 0.807. The number of rotatable bonds is 7. The fourth-order valence-electron chi connectivity index (χ4n) is 1.61. The van der Waals surface area contributed by atoms with Crippen molar-refractivity contribution in [3.63, 3.8) is 0 Å². The normalized spacial score (nSPS) is 12.3. The van der Waals surface area contributed by atoms with E-state index in [1.165, 1.54) is 12.1 Å². The molecule has 0 radical (unpaired) electrons. The van der Waals surface area contributed by atoms with E-state index in [1.807, 2.05) is 0 Å². The minimum absolute atomic E-state index is 0.0633. The summed E-state index contributed by atoms with van der Waals surface area (Å²) in [6.45, 7) is 6.35. The molecule has 0 saturated heterocycles. The molecule has 0 aliphatic heterocycles. The number of nitrogens with two attached hydrogens (primary N) is 1. The van der Waals surface area contributed by atoms with Gasteiger partial charge in [0.05, 0.1) is 0 Å². The molecule has 1 amide bonds. The molecule has 1 aromatic rings. The molecule has 0 aromatic heterocycles. The first kappa shape index (κ1) is 16.4. The minimum atomic E-state index is -0.505. The predicted octanol–water partition coefficient (Wildman–Crippen LogP) is 2.39. The van der Waals surface area contributed by atoms with Crippen LogP contribution >= 0.6 is 0 Å². The summed E-state index contributed by atoms with van der Waals surface area (Å²) < 4.78 is 18.9. The predicted molar refractivity (Wildman–Crippen MR) is 77.0 cm³/mol. The number of halogens is 1. The summed E-state index contributed by atoms with van der Waals surface area (Å²) >= 11 is 0. The highest BCUT2D eigenvalue weighted by atomic mass is 19.1. The van der Waals surface area contributed by atoms with Gasteiger partial charge in [0.15, 0.2) is 18.2 Å². The smallest absolute Gasteiger partial charge is 0.257 e. The second kappa shape index (κ2) is 7.85. The average molecular weight is 282 g/mol. The molecule has 20 heavy (non-hydrogen) atoms. The third kappa shape index (κ3) is 5.57. The van der Waals surface area contributed by atoms with Crippen molar-refractivity contribution < 1.29 is 13.9 Å². The summed E-state index contributed by atoms with van der Waals surface area (Å²) in [7, 11) is 0. The monoisotopic (exact) mass is 282 g/mol. The van der Waals surface area contributed by atoms with E-state index >= 15 is 0 Å². The SMILES string of the molecule is CC(C)CCNC(=O)COc1ccc([C@H](C)N)cc1F. The number of amides is 1. The molecule has 1 rings (SSSR count). The van der Waals surface area contributed by atoms with Crippen LogP contribution in [0.1, 0.15) is 38.8 Å². The minimum Gasteiger partial charge on any atom is -0.481 e. The maximum Gasteiger partial charge on any atom is 0.257 e. The number of nitrogens with one attached hydrogen (secondary N) is 1. The van der Waals surface area contributed by atoms with E-state index in [0.29, 0.717) is 18.0 Å². The molecule has 0 fully saturated rings. The number of hydrogen-bond acceptors (Lipinski definition) is 3. The van der Waals surface area contributed by atoms with Crippen molar-refractivity contribution in [2.75, 3.05) is 13.2 Å². The van der Waals surface area contributed by atoms with Gasteiger partial charge in [0.1, 0.15) is 0 Å². The Labute approximate surface area is 119 Å². The van der Waals surface area contributed by atoms with Gasteiger partial charge >= 0.3 is 0 Å². The molecule has 3 N–H and O–H groups in total. The van der Waals surface area contributed by atoms with Crippen molar-refractivity contribution in [2.24, 2.45) is 11.7 Å². The van der Waals surface area contributed by atoms with Gasteiger partial charge in [0.2, 0.25) is 0 Å². The summed E-state index contributed by atoms with van der Waals surface area (Å²) in [5, 5.41) is 2.73. The van der Waals surface area contributed by atoms with Crippen LogP contribution in [0.4, 0.5) is 4.39 Å². The molecule has 0 aliphatic rings. The molecule has 4 nitrogen and oxygen atoms in total. The van der Waals surface area contributed by atoms with E-state index in [2.05, 4.69) is 19.2 Å². The first-order chi connectivity index (χ1) is 9.40. The van der Waals surface area contributed by atoms with Crippen molar-refractivity contribution in [3.05, 3.63) is 29.6 Å². The van der Waals surface area contributed by atoms with Crippen molar-refractivity contribution in [1.82, 2.24) is 5.32 Å². The van der Waals surface area contributed by atoms with E-state index in [4.69, 9.17) is 10.5 Å². The Balaban J connectivity index is 2.43. The zero-order chi connectivity index (χ0) is 15.1. The van der Waals surface area contributed by atoms with Crippen LogP contribution in [0.15, 0.2) is 18.2 Å². The third-order valence-electron chi connectivity index (χ3n) is 2.88. The van der Waals surface area contributed by atoms with Gasteiger partial charge in [-0.3, -0.25) is 4.79 Å². The highest BCUT2D eigenvalue weighted by molar-refractivity contribution is 5.77. The zero-order valence-corrected chi connectivity index (χ0v) is 12.3. The molecule has 1 aromatic carbocycles. The van der Waals surface area contributed by atoms with Gasteiger partial charge in [-0.25, -0.2) is 4.39 Å². The molecule has 112 valence electrons. The fraction of sp³-hybridized carbons (Fsp3) is 0.533. The molecule has 0 unspecified atom stereocenters. The number of benzene rings is 1. The van der Waals surface area contributed by atoms with Crippen LogP contribution in [0.2, 0.25) is 0 Å². The molecule has 0 bridgehead atoms. The van der Waals surface area contributed by atoms with Crippen LogP contribution in [-0.2, 0) is 4.79 Å². The molecule has 0 saturated carbocycles. The van der Waals surface area contributed by atoms with Gasteiger partial charge in [0, 0.05) is 12.6 Å². The van der Waals surface area contributed by atoms with Gasteiger partial charge in [0.25, 0.3) is 5.91 Å². The van der Waals surface area contributed by atoms with Crippen LogP contribution in [0.5, 0.6) is 5.75 Å². The topological polar surface area (TPSA) is 64.3 Å². The lowest BCUT2D eigenvalue weighted by Crippen LogP contribution is -2.30. The van der Waals surface area contributed by atoms with Gasteiger partial charge in [-0.05, 0) is 37.0 Å². The van der Waals surface area contributed by atoms with Crippen LogP contribution in [0.3, 0.4) is 0 Å². The molecule has 0 aliphatic carbocycles. The second-order valence-electron chi connectivity index (χ2n) is 5.30. The van der Waals surface area contributed by atoms with Crippen LogP contribution in [0.25, 0.3) is 0 Å². The Morgan fingerprint density at radius 2 is 2.10 bits per heavy atom. The van der Waals surface area contributed by atoms with Gasteiger partial charge in [-0.15, -0.1) is 0 Å². The molecule has 0 spiro atoms. The standard InChI is InChI=1S/C15H23FN2O2/c1-10(2)6-7-18-15(19)9-20-14-5-4-12(11(3)17)8-13(14)16/h4-5,8,10-11H,6-7,9,17H2,1-3H3,(H,18,19)/t11-/m0/s1. The Hall–Kier alpha value is -1.62. The average Bonchev–Trinajstić information content (AvgIpc) is 2.36. The molecular weight excluding hydrogens is 259 g/mol. The van der Waals surface area contributed by atoms with Crippen molar-refractivity contribution in [3.8, 4) is 5.75 Å². The van der Waals surface area contributed by atoms with Crippen molar-refractivity contribution in [1.29, 1.82) is 0 Å². The lowest BCUT2D eigenvalue weighted by molar-refractivity contribution is -0.123. The van der Waals surface area contributed by atoms with Gasteiger partial charge in [-0.2, -0.15) is 0 Å². The second-order valence-corrected chi connectivity index (χ2v) is 5.30. The maximum atomic E-state index is 13.7. The lowest BCUT2D eigenvalue weighted by atomic mass is 10.1. The Bertz CT molecular complexity index is 447. The van der Waals surface area contributed by atoms with Crippen molar-refractivity contribution >= 4 is 5.91 Å². The summed E-state index contributed by atoms with van der Waals surface area (Å²) in [6.07, 6.45) is 0.906.